The first kappa shape index (κ1) is 20.8. The number of hydrogen-bond donors (Lipinski definition) is 1. The van der Waals surface area contributed by atoms with Crippen molar-refractivity contribution in [2.24, 2.45) is 5.92 Å². The van der Waals surface area contributed by atoms with Gasteiger partial charge in [-0.15, -0.1) is 10.2 Å². The maximum Gasteiger partial charge on any atom is 0.229 e. The summed E-state index contributed by atoms with van der Waals surface area (Å²) in [4.78, 5) is 14.9. The molecule has 0 spiro atoms. The molecule has 1 N–H and O–H groups in total. The van der Waals surface area contributed by atoms with Crippen LogP contribution < -0.4 is 15.0 Å². The standard InChI is InChI=1S/C23H28N6O2/c1-4-31-20-9-7-19(8-10-20)24-23(30)18-6-5-13-28(15-18)21-11-12-22(26-25-21)29-17(3)14-16(2)27-29/h7-12,14,18H,4-6,13,15H2,1-3H3,(H,24,30). The zero-order valence-electron chi connectivity index (χ0n) is 18.2. The van der Waals surface area contributed by atoms with E-state index in [-0.39, 0.29) is 11.8 Å². The third-order valence-electron chi connectivity index (χ3n) is 5.41. The molecule has 8 heteroatoms. The van der Waals surface area contributed by atoms with E-state index in [1.54, 1.807) is 4.68 Å². The van der Waals surface area contributed by atoms with Crippen LogP contribution in [-0.4, -0.2) is 45.6 Å². The van der Waals surface area contributed by atoms with Crippen LogP contribution in [-0.2, 0) is 4.79 Å². The smallest absolute Gasteiger partial charge is 0.229 e. The lowest BCUT2D eigenvalue weighted by molar-refractivity contribution is -0.120. The molecule has 1 amide bonds. The number of nitrogens with one attached hydrogen (secondary N) is 1. The topological polar surface area (TPSA) is 85.2 Å². The Morgan fingerprint density at radius 3 is 2.52 bits per heavy atom. The molecule has 1 aliphatic rings. The van der Waals surface area contributed by atoms with Gasteiger partial charge in [-0.25, -0.2) is 4.68 Å². The molecule has 4 rings (SSSR count). The lowest BCUT2D eigenvalue weighted by atomic mass is 9.97. The van der Waals surface area contributed by atoms with Gasteiger partial charge in [-0.2, -0.15) is 5.10 Å². The molecule has 1 saturated heterocycles. The molecule has 0 radical (unpaired) electrons. The van der Waals surface area contributed by atoms with Crippen LogP contribution >= 0.6 is 0 Å². The Labute approximate surface area is 182 Å². The summed E-state index contributed by atoms with van der Waals surface area (Å²) in [6.07, 6.45) is 1.79. The lowest BCUT2D eigenvalue weighted by Crippen LogP contribution is -2.41. The fourth-order valence-electron chi connectivity index (χ4n) is 3.91. The van der Waals surface area contributed by atoms with Gasteiger partial charge in [0.05, 0.1) is 18.2 Å². The van der Waals surface area contributed by atoms with Crippen LogP contribution in [0.2, 0.25) is 0 Å². The number of carbonyl (C=O) groups excluding carboxylic acids is 1. The van der Waals surface area contributed by atoms with Gasteiger partial charge in [-0.05, 0) is 76.1 Å². The van der Waals surface area contributed by atoms with Crippen molar-refractivity contribution >= 4 is 17.4 Å². The molecule has 3 aromatic rings. The van der Waals surface area contributed by atoms with E-state index in [9.17, 15) is 4.79 Å². The first-order valence-electron chi connectivity index (χ1n) is 10.7. The Bertz CT molecular complexity index is 1030. The van der Waals surface area contributed by atoms with Gasteiger partial charge in [0.25, 0.3) is 0 Å². The zero-order valence-corrected chi connectivity index (χ0v) is 18.2. The van der Waals surface area contributed by atoms with Crippen molar-refractivity contribution in [2.75, 3.05) is 29.9 Å². The number of rotatable bonds is 6. The maximum absolute atomic E-state index is 12.8. The van der Waals surface area contributed by atoms with Gasteiger partial charge < -0.3 is 15.0 Å². The van der Waals surface area contributed by atoms with Crippen molar-refractivity contribution in [1.29, 1.82) is 0 Å². The second-order valence-electron chi connectivity index (χ2n) is 7.82. The molecule has 1 fully saturated rings. The van der Waals surface area contributed by atoms with Gasteiger partial charge in [-0.3, -0.25) is 4.79 Å². The number of aryl methyl sites for hydroxylation is 2. The minimum absolute atomic E-state index is 0.0288. The van der Waals surface area contributed by atoms with Crippen molar-refractivity contribution in [1.82, 2.24) is 20.0 Å². The summed E-state index contributed by atoms with van der Waals surface area (Å²) in [5.41, 5.74) is 2.74. The number of aromatic nitrogens is 4. The Kier molecular flexibility index (Phi) is 6.16. The van der Waals surface area contributed by atoms with Crippen molar-refractivity contribution in [3.05, 3.63) is 53.9 Å². The monoisotopic (exact) mass is 420 g/mol. The molecule has 0 saturated carbocycles. The van der Waals surface area contributed by atoms with Gasteiger partial charge in [0.2, 0.25) is 5.91 Å². The maximum atomic E-state index is 12.8. The molecule has 3 heterocycles. The van der Waals surface area contributed by atoms with Crippen LogP contribution in [0.3, 0.4) is 0 Å². The van der Waals surface area contributed by atoms with E-state index in [1.165, 1.54) is 0 Å². The summed E-state index contributed by atoms with van der Waals surface area (Å²) in [5.74, 6) is 2.20. The van der Waals surface area contributed by atoms with Crippen LogP contribution in [0.4, 0.5) is 11.5 Å². The zero-order chi connectivity index (χ0) is 21.8. The first-order chi connectivity index (χ1) is 15.0. The van der Waals surface area contributed by atoms with Gasteiger partial charge in [0.1, 0.15) is 5.75 Å². The number of carbonyl (C=O) groups is 1. The third kappa shape index (κ3) is 4.84. The van der Waals surface area contributed by atoms with E-state index >= 15 is 0 Å². The molecular weight excluding hydrogens is 392 g/mol. The molecule has 31 heavy (non-hydrogen) atoms. The predicted molar refractivity (Wildman–Crippen MR) is 120 cm³/mol. The molecule has 0 bridgehead atoms. The molecular formula is C23H28N6O2. The molecule has 1 unspecified atom stereocenters. The fraction of sp³-hybridized carbons (Fsp3) is 0.391. The highest BCUT2D eigenvalue weighted by molar-refractivity contribution is 5.93. The van der Waals surface area contributed by atoms with E-state index in [2.05, 4.69) is 25.5 Å². The summed E-state index contributed by atoms with van der Waals surface area (Å²) < 4.78 is 7.24. The van der Waals surface area contributed by atoms with E-state index < -0.39 is 0 Å². The first-order valence-corrected chi connectivity index (χ1v) is 10.7. The highest BCUT2D eigenvalue weighted by atomic mass is 16.5. The van der Waals surface area contributed by atoms with Crippen molar-refractivity contribution in [3.63, 3.8) is 0 Å². The lowest BCUT2D eigenvalue weighted by Gasteiger charge is -2.32. The van der Waals surface area contributed by atoms with E-state index in [0.29, 0.717) is 19.0 Å². The van der Waals surface area contributed by atoms with Crippen LogP contribution in [0, 0.1) is 19.8 Å². The van der Waals surface area contributed by atoms with Crippen LogP contribution in [0.1, 0.15) is 31.2 Å². The van der Waals surface area contributed by atoms with Crippen LogP contribution in [0.25, 0.3) is 5.82 Å². The average Bonchev–Trinajstić information content (AvgIpc) is 3.13. The summed E-state index contributed by atoms with van der Waals surface area (Å²) in [6, 6.07) is 13.3. The van der Waals surface area contributed by atoms with E-state index in [1.807, 2.05) is 63.2 Å². The number of amides is 1. The molecule has 1 aromatic carbocycles. The summed E-state index contributed by atoms with van der Waals surface area (Å²) in [7, 11) is 0. The third-order valence-corrected chi connectivity index (χ3v) is 5.41. The van der Waals surface area contributed by atoms with Gasteiger partial charge in [-0.1, -0.05) is 0 Å². The van der Waals surface area contributed by atoms with Gasteiger partial charge in [0.15, 0.2) is 11.6 Å². The summed E-state index contributed by atoms with van der Waals surface area (Å²) in [6.45, 7) is 8.00. The van der Waals surface area contributed by atoms with Crippen molar-refractivity contribution in [3.8, 4) is 11.6 Å². The van der Waals surface area contributed by atoms with E-state index in [0.717, 1.165) is 48.0 Å². The molecule has 162 valence electrons. The summed E-state index contributed by atoms with van der Waals surface area (Å²) in [5, 5.41) is 16.2. The van der Waals surface area contributed by atoms with E-state index in [4.69, 9.17) is 4.74 Å². The minimum atomic E-state index is -0.0993. The number of nitrogens with zero attached hydrogens (tertiary/aromatic N) is 5. The Morgan fingerprint density at radius 2 is 1.87 bits per heavy atom. The summed E-state index contributed by atoms with van der Waals surface area (Å²) >= 11 is 0. The highest BCUT2D eigenvalue weighted by Gasteiger charge is 2.27. The highest BCUT2D eigenvalue weighted by Crippen LogP contribution is 2.24. The fourth-order valence-corrected chi connectivity index (χ4v) is 3.91. The normalized spacial score (nSPS) is 16.2. The minimum Gasteiger partial charge on any atom is -0.494 e. The van der Waals surface area contributed by atoms with Crippen molar-refractivity contribution < 1.29 is 9.53 Å². The second kappa shape index (κ2) is 9.16. The Morgan fingerprint density at radius 1 is 1.13 bits per heavy atom. The quantitative estimate of drug-likeness (QED) is 0.657. The molecule has 2 aromatic heterocycles. The van der Waals surface area contributed by atoms with Gasteiger partial charge >= 0.3 is 0 Å². The molecule has 1 aliphatic heterocycles. The SMILES string of the molecule is CCOc1ccc(NC(=O)C2CCCN(c3ccc(-n4nc(C)cc4C)nn3)C2)cc1. The van der Waals surface area contributed by atoms with Crippen molar-refractivity contribution in [2.45, 2.75) is 33.6 Å². The number of piperidine rings is 1. The Hall–Kier alpha value is -3.42. The number of benzene rings is 1. The van der Waals surface area contributed by atoms with Gasteiger partial charge in [0, 0.05) is 24.5 Å². The number of anilines is 2. The molecule has 1 atom stereocenters. The number of ether oxygens (including phenoxy) is 1. The largest absolute Gasteiger partial charge is 0.494 e. The van der Waals surface area contributed by atoms with Crippen LogP contribution in [0.5, 0.6) is 5.75 Å². The van der Waals surface area contributed by atoms with Crippen LogP contribution in [0.15, 0.2) is 42.5 Å². The number of hydrogen-bond acceptors (Lipinski definition) is 6. The second-order valence-corrected chi connectivity index (χ2v) is 7.82. The molecule has 0 aliphatic carbocycles. The average molecular weight is 421 g/mol. The predicted octanol–water partition coefficient (Wildman–Crippen LogP) is 3.53. The Balaban J connectivity index is 1.39. The molecule has 8 nitrogen and oxygen atoms in total.